The molecule has 0 saturated heterocycles. The van der Waals surface area contributed by atoms with Crippen molar-refractivity contribution in [1.82, 2.24) is 10.4 Å². The number of hydrazone groups is 1. The zero-order valence-electron chi connectivity index (χ0n) is 19.9. The Morgan fingerprint density at radius 3 is 2.34 bits per heavy atom. The number of carbonyl (C=O) groups excluding carboxylic acids is 1. The van der Waals surface area contributed by atoms with Crippen molar-refractivity contribution in [3.63, 3.8) is 0 Å². The molecule has 0 aliphatic carbocycles. The lowest BCUT2D eigenvalue weighted by atomic mass is 10.0. The molecule has 5 rings (SSSR count). The maximum Gasteiger partial charge on any atom is 0.272 e. The second-order valence-electron chi connectivity index (χ2n) is 8.37. The van der Waals surface area contributed by atoms with Gasteiger partial charge in [0, 0.05) is 14.5 Å². The summed E-state index contributed by atoms with van der Waals surface area (Å²) in [6.07, 6.45) is 1.60. The highest BCUT2D eigenvalue weighted by molar-refractivity contribution is 14.1. The molecule has 38 heavy (non-hydrogen) atoms. The lowest BCUT2D eigenvalue weighted by Gasteiger charge is -2.11. The van der Waals surface area contributed by atoms with Gasteiger partial charge in [-0.2, -0.15) is 5.10 Å². The molecule has 8 heteroatoms. The van der Waals surface area contributed by atoms with Crippen molar-refractivity contribution in [1.29, 1.82) is 0 Å². The summed E-state index contributed by atoms with van der Waals surface area (Å²) < 4.78 is 8.75. The first kappa shape index (κ1) is 26.5. The monoisotopic (exact) mass is 739 g/mol. The number of ether oxygens (including phenoxy) is 1. The van der Waals surface area contributed by atoms with Gasteiger partial charge in [-0.25, -0.2) is 10.4 Å². The Bertz CT molecular complexity index is 1620. The van der Waals surface area contributed by atoms with E-state index in [1.807, 2.05) is 78.9 Å². The fourth-order valence-electron chi connectivity index (χ4n) is 3.87. The highest BCUT2D eigenvalue weighted by atomic mass is 127. The van der Waals surface area contributed by atoms with E-state index in [0.717, 1.165) is 42.2 Å². The van der Waals surface area contributed by atoms with Crippen LogP contribution >= 0.6 is 54.5 Å². The average Bonchev–Trinajstić information content (AvgIpc) is 2.93. The van der Waals surface area contributed by atoms with E-state index in [1.54, 1.807) is 12.3 Å². The molecular weight excluding hydrogens is 721 g/mol. The van der Waals surface area contributed by atoms with Gasteiger partial charge in [0.05, 0.1) is 31.9 Å². The SMILES string of the molecule is O=C(N/N=C/c1cc(Br)c(OCc2ccc(I)cc2)c(Br)c1)c1cc(-c2ccccc2)nc2ccccc12. The molecule has 0 saturated carbocycles. The molecule has 0 bridgehead atoms. The summed E-state index contributed by atoms with van der Waals surface area (Å²) in [4.78, 5) is 17.9. The van der Waals surface area contributed by atoms with Crippen LogP contribution in [0.1, 0.15) is 21.5 Å². The molecule has 0 spiro atoms. The number of halogens is 3. The molecule has 0 unspecified atom stereocenters. The number of pyridine rings is 1. The number of nitrogens with one attached hydrogen (secondary N) is 1. The number of hydrogen-bond acceptors (Lipinski definition) is 4. The van der Waals surface area contributed by atoms with Crippen molar-refractivity contribution in [3.8, 4) is 17.0 Å². The lowest BCUT2D eigenvalue weighted by molar-refractivity contribution is 0.0956. The van der Waals surface area contributed by atoms with Crippen LogP contribution in [0.3, 0.4) is 0 Å². The highest BCUT2D eigenvalue weighted by Gasteiger charge is 2.14. The van der Waals surface area contributed by atoms with Crippen molar-refractivity contribution in [2.75, 3.05) is 0 Å². The van der Waals surface area contributed by atoms with Gasteiger partial charge in [-0.05, 0) is 102 Å². The largest absolute Gasteiger partial charge is 0.487 e. The minimum Gasteiger partial charge on any atom is -0.487 e. The van der Waals surface area contributed by atoms with Crippen LogP contribution in [-0.4, -0.2) is 17.1 Å². The molecule has 0 radical (unpaired) electrons. The summed E-state index contributed by atoms with van der Waals surface area (Å²) in [5, 5.41) is 4.98. The van der Waals surface area contributed by atoms with Crippen molar-refractivity contribution in [2.45, 2.75) is 6.61 Å². The first-order valence-corrected chi connectivity index (χ1v) is 14.3. The Morgan fingerprint density at radius 2 is 1.61 bits per heavy atom. The van der Waals surface area contributed by atoms with E-state index in [2.05, 4.69) is 77.1 Å². The molecule has 0 fully saturated rings. The van der Waals surface area contributed by atoms with Crippen LogP contribution in [0.25, 0.3) is 22.2 Å². The summed E-state index contributed by atoms with van der Waals surface area (Å²) in [6.45, 7) is 0.447. The van der Waals surface area contributed by atoms with E-state index in [4.69, 9.17) is 9.72 Å². The van der Waals surface area contributed by atoms with E-state index in [-0.39, 0.29) is 5.91 Å². The minimum absolute atomic E-state index is 0.312. The fourth-order valence-corrected chi connectivity index (χ4v) is 5.68. The number of amides is 1. The van der Waals surface area contributed by atoms with Crippen LogP contribution in [0, 0.1) is 3.57 Å². The highest BCUT2D eigenvalue weighted by Crippen LogP contribution is 2.35. The van der Waals surface area contributed by atoms with Crippen LogP contribution in [0.2, 0.25) is 0 Å². The molecule has 5 aromatic rings. The minimum atomic E-state index is -0.312. The van der Waals surface area contributed by atoms with Gasteiger partial charge in [0.2, 0.25) is 0 Å². The first-order chi connectivity index (χ1) is 18.5. The Hall–Kier alpha value is -3.08. The summed E-state index contributed by atoms with van der Waals surface area (Å²) >= 11 is 9.45. The van der Waals surface area contributed by atoms with Crippen molar-refractivity contribution in [3.05, 3.63) is 126 Å². The molecule has 0 aliphatic rings. The van der Waals surface area contributed by atoms with Gasteiger partial charge in [-0.15, -0.1) is 0 Å². The molecule has 0 atom stereocenters. The van der Waals surface area contributed by atoms with Gasteiger partial charge in [0.15, 0.2) is 0 Å². The van der Waals surface area contributed by atoms with E-state index < -0.39 is 0 Å². The van der Waals surface area contributed by atoms with E-state index in [0.29, 0.717) is 17.9 Å². The van der Waals surface area contributed by atoms with Gasteiger partial charge >= 0.3 is 0 Å². The maximum absolute atomic E-state index is 13.2. The molecule has 1 amide bonds. The van der Waals surface area contributed by atoms with Crippen LogP contribution < -0.4 is 10.2 Å². The summed E-state index contributed by atoms with van der Waals surface area (Å²) in [6, 6.07) is 31.2. The Balaban J connectivity index is 1.32. The number of rotatable bonds is 7. The zero-order valence-corrected chi connectivity index (χ0v) is 25.2. The molecule has 1 N–H and O–H groups in total. The summed E-state index contributed by atoms with van der Waals surface area (Å²) in [7, 11) is 0. The molecular formula is C30H20Br2IN3O2. The van der Waals surface area contributed by atoms with Gasteiger partial charge in [-0.3, -0.25) is 4.79 Å². The Kier molecular flexibility index (Phi) is 8.51. The van der Waals surface area contributed by atoms with Gasteiger partial charge < -0.3 is 4.74 Å². The van der Waals surface area contributed by atoms with Crippen molar-refractivity contribution in [2.24, 2.45) is 5.10 Å². The van der Waals surface area contributed by atoms with E-state index in [1.165, 1.54) is 3.57 Å². The van der Waals surface area contributed by atoms with Crippen LogP contribution in [0.4, 0.5) is 0 Å². The predicted molar refractivity (Wildman–Crippen MR) is 168 cm³/mol. The fraction of sp³-hybridized carbons (Fsp3) is 0.0333. The van der Waals surface area contributed by atoms with Crippen LogP contribution in [0.5, 0.6) is 5.75 Å². The maximum atomic E-state index is 13.2. The average molecular weight is 741 g/mol. The number of aromatic nitrogens is 1. The number of fused-ring (bicyclic) bond motifs is 1. The molecule has 1 heterocycles. The Morgan fingerprint density at radius 1 is 0.921 bits per heavy atom. The molecule has 1 aromatic heterocycles. The van der Waals surface area contributed by atoms with Gasteiger partial charge in [0.1, 0.15) is 12.4 Å². The summed E-state index contributed by atoms with van der Waals surface area (Å²) in [5.74, 6) is 0.383. The number of carbonyl (C=O) groups is 1. The zero-order chi connectivity index (χ0) is 26.5. The number of benzene rings is 4. The predicted octanol–water partition coefficient (Wildman–Crippen LogP) is 8.37. The number of para-hydroxylation sites is 1. The van der Waals surface area contributed by atoms with E-state index >= 15 is 0 Å². The topological polar surface area (TPSA) is 63.6 Å². The molecule has 4 aromatic carbocycles. The van der Waals surface area contributed by atoms with Crippen LogP contribution in [0.15, 0.2) is 111 Å². The standard InChI is InChI=1S/C30H20Br2IN3O2/c31-25-14-20(15-26(32)29(25)38-18-19-10-12-22(33)13-11-19)17-34-36-30(37)24-16-28(21-6-2-1-3-7-21)35-27-9-5-4-8-23(24)27/h1-17H,18H2,(H,36,37)/b34-17+. The van der Waals surface area contributed by atoms with Gasteiger partial charge in [-0.1, -0.05) is 60.7 Å². The lowest BCUT2D eigenvalue weighted by Crippen LogP contribution is -2.18. The third-order valence-electron chi connectivity index (χ3n) is 5.73. The second kappa shape index (κ2) is 12.2. The smallest absolute Gasteiger partial charge is 0.272 e. The van der Waals surface area contributed by atoms with Crippen molar-refractivity contribution >= 4 is 77.5 Å². The second-order valence-corrected chi connectivity index (χ2v) is 11.3. The molecule has 188 valence electrons. The number of hydrogen-bond donors (Lipinski definition) is 1. The summed E-state index contributed by atoms with van der Waals surface area (Å²) in [5.41, 5.74) is 7.45. The number of nitrogens with zero attached hydrogens (tertiary/aromatic N) is 2. The van der Waals surface area contributed by atoms with Gasteiger partial charge in [0.25, 0.3) is 5.91 Å². The molecule has 5 nitrogen and oxygen atoms in total. The third-order valence-corrected chi connectivity index (χ3v) is 7.62. The Labute approximate surface area is 250 Å². The molecule has 0 aliphatic heterocycles. The third kappa shape index (κ3) is 6.31. The van der Waals surface area contributed by atoms with Crippen LogP contribution in [-0.2, 0) is 6.61 Å². The first-order valence-electron chi connectivity index (χ1n) is 11.6. The normalized spacial score (nSPS) is 11.1. The quantitative estimate of drug-likeness (QED) is 0.104. The van der Waals surface area contributed by atoms with E-state index in [9.17, 15) is 4.79 Å². The van der Waals surface area contributed by atoms with Crippen molar-refractivity contribution < 1.29 is 9.53 Å².